The number of unbranched alkanes of at least 4 members (excludes halogenated alkanes) is 5. The first-order chi connectivity index (χ1) is 15.5. The van der Waals surface area contributed by atoms with E-state index in [0.29, 0.717) is 30.9 Å². The smallest absolute Gasteiger partial charge is 0.311 e. The van der Waals surface area contributed by atoms with Crippen molar-refractivity contribution < 1.29 is 19.0 Å². The second kappa shape index (κ2) is 13.3. The Labute approximate surface area is 195 Å². The first-order valence-electron chi connectivity index (χ1n) is 13.4. The molecule has 3 aliphatic rings. The minimum Gasteiger partial charge on any atom is -0.460 e. The molecule has 0 radical (unpaired) electrons. The molecule has 2 aliphatic heterocycles. The van der Waals surface area contributed by atoms with Gasteiger partial charge >= 0.3 is 5.97 Å². The number of hydrogen-bond donors (Lipinski definition) is 2. The molecule has 1 aliphatic carbocycles. The van der Waals surface area contributed by atoms with Crippen LogP contribution in [0.15, 0.2) is 0 Å². The summed E-state index contributed by atoms with van der Waals surface area (Å²) in [6, 6.07) is 0. The predicted molar refractivity (Wildman–Crippen MR) is 128 cm³/mol. The van der Waals surface area contributed by atoms with Gasteiger partial charge < -0.3 is 14.2 Å². The minimum atomic E-state index is -0.340. The van der Waals surface area contributed by atoms with Crippen LogP contribution in [0.2, 0.25) is 0 Å². The number of esters is 1. The van der Waals surface area contributed by atoms with Crippen LogP contribution in [0.25, 0.3) is 0 Å². The highest BCUT2D eigenvalue weighted by Gasteiger charge is 2.37. The molecule has 32 heavy (non-hydrogen) atoms. The highest BCUT2D eigenvalue weighted by Crippen LogP contribution is 2.33. The van der Waals surface area contributed by atoms with E-state index < -0.39 is 0 Å². The molecule has 3 fully saturated rings. The van der Waals surface area contributed by atoms with Crippen LogP contribution < -0.4 is 10.6 Å². The van der Waals surface area contributed by atoms with Crippen LogP contribution in [-0.4, -0.2) is 56.8 Å². The average Bonchev–Trinajstić information content (AvgIpc) is 2.80. The Morgan fingerprint density at radius 3 is 2.28 bits per heavy atom. The summed E-state index contributed by atoms with van der Waals surface area (Å²) in [4.78, 5) is 12.0. The van der Waals surface area contributed by atoms with E-state index in [0.717, 1.165) is 45.4 Å². The molecule has 0 amide bonds. The standard InChI is InChI=1S/C26H48N2O4/c1-4-5-6-7-8-9-16-30-23-17-27-24(28-18-23)20-10-12-21(13-11-20)31-19-22-14-15-26(2,3)25(29)32-22/h20-24,27-28H,4-19H2,1-3H3. The summed E-state index contributed by atoms with van der Waals surface area (Å²) in [6.07, 6.45) is 15.1. The van der Waals surface area contributed by atoms with Crippen molar-refractivity contribution in [1.29, 1.82) is 0 Å². The molecule has 0 aromatic carbocycles. The number of hydrogen-bond acceptors (Lipinski definition) is 6. The van der Waals surface area contributed by atoms with Crippen LogP contribution in [0.1, 0.15) is 97.8 Å². The summed E-state index contributed by atoms with van der Waals surface area (Å²) in [5.41, 5.74) is -0.340. The first-order valence-corrected chi connectivity index (χ1v) is 13.4. The van der Waals surface area contributed by atoms with E-state index >= 15 is 0 Å². The number of carbonyl (C=O) groups is 1. The van der Waals surface area contributed by atoms with Crippen LogP contribution in [-0.2, 0) is 19.0 Å². The van der Waals surface area contributed by atoms with Gasteiger partial charge in [-0.25, -0.2) is 0 Å². The quantitative estimate of drug-likeness (QED) is 0.334. The maximum Gasteiger partial charge on any atom is 0.311 e. The summed E-state index contributed by atoms with van der Waals surface area (Å²) in [5, 5.41) is 7.37. The Hall–Kier alpha value is -0.690. The third-order valence-corrected chi connectivity index (χ3v) is 7.61. The Morgan fingerprint density at radius 1 is 0.906 bits per heavy atom. The van der Waals surface area contributed by atoms with E-state index in [4.69, 9.17) is 14.2 Å². The van der Waals surface area contributed by atoms with E-state index in [1.54, 1.807) is 0 Å². The number of rotatable bonds is 12. The maximum atomic E-state index is 12.0. The van der Waals surface area contributed by atoms with Gasteiger partial charge in [0.25, 0.3) is 0 Å². The molecule has 3 rings (SSSR count). The molecule has 2 heterocycles. The van der Waals surface area contributed by atoms with Crippen molar-refractivity contribution in [2.45, 2.75) is 122 Å². The van der Waals surface area contributed by atoms with Crippen LogP contribution in [0, 0.1) is 11.3 Å². The van der Waals surface area contributed by atoms with Crippen LogP contribution >= 0.6 is 0 Å². The van der Waals surface area contributed by atoms with Crippen molar-refractivity contribution in [3.8, 4) is 0 Å². The van der Waals surface area contributed by atoms with Crippen molar-refractivity contribution in [2.75, 3.05) is 26.3 Å². The monoisotopic (exact) mass is 452 g/mol. The molecule has 1 unspecified atom stereocenters. The lowest BCUT2D eigenvalue weighted by molar-refractivity contribution is -0.173. The maximum absolute atomic E-state index is 12.0. The third-order valence-electron chi connectivity index (χ3n) is 7.61. The molecule has 6 heteroatoms. The van der Waals surface area contributed by atoms with Crippen molar-refractivity contribution in [3.63, 3.8) is 0 Å². The van der Waals surface area contributed by atoms with E-state index in [1.165, 1.54) is 51.4 Å². The second-order valence-electron chi connectivity index (χ2n) is 10.9. The predicted octanol–water partition coefficient (Wildman–Crippen LogP) is 4.56. The molecule has 0 bridgehead atoms. The van der Waals surface area contributed by atoms with E-state index in [-0.39, 0.29) is 17.5 Å². The molecule has 2 N–H and O–H groups in total. The van der Waals surface area contributed by atoms with Crippen molar-refractivity contribution in [3.05, 3.63) is 0 Å². The fraction of sp³-hybridized carbons (Fsp3) is 0.962. The fourth-order valence-electron chi connectivity index (χ4n) is 5.19. The number of carbonyl (C=O) groups excluding carboxylic acids is 1. The van der Waals surface area contributed by atoms with Gasteiger partial charge in [0.1, 0.15) is 6.10 Å². The summed E-state index contributed by atoms with van der Waals surface area (Å²) < 4.78 is 17.8. The lowest BCUT2D eigenvalue weighted by Gasteiger charge is -2.39. The summed E-state index contributed by atoms with van der Waals surface area (Å²) in [5.74, 6) is 0.576. The largest absolute Gasteiger partial charge is 0.460 e. The number of nitrogens with one attached hydrogen (secondary N) is 2. The van der Waals surface area contributed by atoms with Crippen molar-refractivity contribution in [2.24, 2.45) is 11.3 Å². The molecule has 2 saturated heterocycles. The number of ether oxygens (including phenoxy) is 3. The lowest BCUT2D eigenvalue weighted by atomic mass is 9.84. The molecule has 0 aromatic heterocycles. The van der Waals surface area contributed by atoms with Gasteiger partial charge in [-0.3, -0.25) is 15.4 Å². The average molecular weight is 453 g/mol. The molecular formula is C26H48N2O4. The molecule has 186 valence electrons. The van der Waals surface area contributed by atoms with E-state index in [9.17, 15) is 4.79 Å². The van der Waals surface area contributed by atoms with Crippen molar-refractivity contribution >= 4 is 5.97 Å². The van der Waals surface area contributed by atoms with Gasteiger partial charge in [0.15, 0.2) is 0 Å². The highest BCUT2D eigenvalue weighted by atomic mass is 16.6. The van der Waals surface area contributed by atoms with E-state index in [1.807, 2.05) is 13.8 Å². The zero-order valence-corrected chi connectivity index (χ0v) is 20.8. The Morgan fingerprint density at radius 2 is 1.59 bits per heavy atom. The van der Waals surface area contributed by atoms with Crippen molar-refractivity contribution in [1.82, 2.24) is 10.6 Å². The highest BCUT2D eigenvalue weighted by molar-refractivity contribution is 5.76. The van der Waals surface area contributed by atoms with Gasteiger partial charge in [-0.15, -0.1) is 0 Å². The van der Waals surface area contributed by atoms with E-state index in [2.05, 4.69) is 17.6 Å². The normalized spacial score (nSPS) is 33.1. The molecule has 1 saturated carbocycles. The van der Waals surface area contributed by atoms with Gasteiger partial charge in [-0.1, -0.05) is 39.0 Å². The first kappa shape index (κ1) is 25.9. The van der Waals surface area contributed by atoms with Gasteiger partial charge in [-0.2, -0.15) is 0 Å². The second-order valence-corrected chi connectivity index (χ2v) is 10.9. The molecule has 0 spiro atoms. The van der Waals surface area contributed by atoms with Gasteiger partial charge in [0, 0.05) is 19.7 Å². The third kappa shape index (κ3) is 8.27. The topological polar surface area (TPSA) is 68.8 Å². The molecule has 1 atom stereocenters. The molecular weight excluding hydrogens is 404 g/mol. The zero-order valence-electron chi connectivity index (χ0n) is 20.8. The van der Waals surface area contributed by atoms with Crippen LogP contribution in [0.4, 0.5) is 0 Å². The van der Waals surface area contributed by atoms with Crippen LogP contribution in [0.3, 0.4) is 0 Å². The zero-order chi connectivity index (χ0) is 22.8. The summed E-state index contributed by atoms with van der Waals surface area (Å²) in [7, 11) is 0. The minimum absolute atomic E-state index is 0.0665. The Balaban J connectivity index is 1.22. The lowest BCUT2D eigenvalue weighted by Crippen LogP contribution is -2.59. The summed E-state index contributed by atoms with van der Waals surface area (Å²) in [6.45, 7) is 9.53. The molecule has 6 nitrogen and oxygen atoms in total. The summed E-state index contributed by atoms with van der Waals surface area (Å²) >= 11 is 0. The van der Waals surface area contributed by atoms with Gasteiger partial charge in [-0.05, 0) is 64.7 Å². The Kier molecular flexibility index (Phi) is 10.7. The van der Waals surface area contributed by atoms with Crippen LogP contribution in [0.5, 0.6) is 0 Å². The Bertz CT molecular complexity index is 540. The fourth-order valence-corrected chi connectivity index (χ4v) is 5.19. The van der Waals surface area contributed by atoms with Gasteiger partial charge in [0.05, 0.1) is 30.4 Å². The SMILES string of the molecule is CCCCCCCCOC1CNC(C2CCC(OCC3CCC(C)(C)C(=O)O3)CC2)NC1. The van der Waals surface area contributed by atoms with Gasteiger partial charge in [0.2, 0.25) is 0 Å². The molecule has 0 aromatic rings. The number of cyclic esters (lactones) is 1.